The third-order valence-corrected chi connectivity index (χ3v) is 5.32. The Morgan fingerprint density at radius 3 is 2.59 bits per heavy atom. The van der Waals surface area contributed by atoms with E-state index in [1.165, 1.54) is 5.56 Å². The smallest absolute Gasteiger partial charge is 0.210 e. The minimum atomic E-state index is -3.49. The molecule has 0 bridgehead atoms. The van der Waals surface area contributed by atoms with Crippen LogP contribution in [-0.4, -0.2) is 35.7 Å². The lowest BCUT2D eigenvalue weighted by Crippen LogP contribution is -2.28. The van der Waals surface area contributed by atoms with Gasteiger partial charge in [-0.25, -0.2) is 13.6 Å². The molecule has 0 aliphatic heterocycles. The molecule has 0 aliphatic carbocycles. The average molecular weight is 457 g/mol. The van der Waals surface area contributed by atoms with Crippen LogP contribution in [0.1, 0.15) is 17.7 Å². The van der Waals surface area contributed by atoms with Gasteiger partial charge in [0.15, 0.2) is 0 Å². The van der Waals surface area contributed by atoms with Crippen molar-refractivity contribution in [1.82, 2.24) is 20.3 Å². The van der Waals surface area contributed by atoms with Crippen molar-refractivity contribution in [1.29, 1.82) is 0 Å². The fraction of sp³-hybridized carbons (Fsp3) is 0.273. The minimum absolute atomic E-state index is 0.153. The number of ether oxygens (including phenoxy) is 1. The molecule has 4 N–H and O–H groups in total. The second-order valence-electron chi connectivity index (χ2n) is 7.27. The number of hydrogen-bond donors (Lipinski definition) is 3. The zero-order valence-corrected chi connectivity index (χ0v) is 18.6. The van der Waals surface area contributed by atoms with Crippen molar-refractivity contribution < 1.29 is 13.2 Å². The SMILES string of the molecule is C=C(NCCS(N)(=O)=O)Nc1ccc(CCCn2cc(COc3ccccc3)nn2)cc1. The zero-order chi connectivity index (χ0) is 22.8. The summed E-state index contributed by atoms with van der Waals surface area (Å²) >= 11 is 0. The average Bonchev–Trinajstić information content (AvgIpc) is 3.21. The number of nitrogens with two attached hydrogens (primary N) is 1. The molecule has 0 saturated carbocycles. The number of para-hydroxylation sites is 1. The maximum absolute atomic E-state index is 10.9. The van der Waals surface area contributed by atoms with Gasteiger partial charge in [-0.15, -0.1) is 5.10 Å². The summed E-state index contributed by atoms with van der Waals surface area (Å²) in [5.41, 5.74) is 2.86. The number of benzene rings is 2. The van der Waals surface area contributed by atoms with E-state index in [4.69, 9.17) is 9.88 Å². The molecule has 1 heterocycles. The van der Waals surface area contributed by atoms with Crippen LogP contribution in [0.2, 0.25) is 0 Å². The first kappa shape index (κ1) is 23.3. The van der Waals surface area contributed by atoms with Crippen molar-refractivity contribution in [2.45, 2.75) is 26.0 Å². The Kier molecular flexibility index (Phi) is 8.23. The molecular weight excluding hydrogens is 428 g/mol. The van der Waals surface area contributed by atoms with E-state index in [0.29, 0.717) is 12.4 Å². The van der Waals surface area contributed by atoms with E-state index < -0.39 is 10.0 Å². The van der Waals surface area contributed by atoms with Crippen LogP contribution in [0, 0.1) is 0 Å². The van der Waals surface area contributed by atoms with Gasteiger partial charge in [-0.2, -0.15) is 0 Å². The standard InChI is InChI=1S/C22H28N6O3S/c1-18(24-13-15-32(23,29)30)25-20-11-9-19(10-12-20)6-5-14-28-16-21(26-27-28)17-31-22-7-3-2-4-8-22/h2-4,7-12,16,24-25H,1,5-6,13-15,17H2,(H2,23,29,30). The highest BCUT2D eigenvalue weighted by Gasteiger charge is 2.04. The molecule has 9 nitrogen and oxygen atoms in total. The summed E-state index contributed by atoms with van der Waals surface area (Å²) in [6, 6.07) is 17.6. The fourth-order valence-electron chi connectivity index (χ4n) is 2.95. The molecule has 0 aliphatic rings. The van der Waals surface area contributed by atoms with Crippen molar-refractivity contribution in [3.05, 3.63) is 84.5 Å². The van der Waals surface area contributed by atoms with E-state index in [0.717, 1.165) is 36.5 Å². The number of hydrogen-bond acceptors (Lipinski definition) is 7. The van der Waals surface area contributed by atoms with Gasteiger partial charge in [0, 0.05) is 18.8 Å². The molecule has 32 heavy (non-hydrogen) atoms. The van der Waals surface area contributed by atoms with Gasteiger partial charge in [-0.05, 0) is 42.7 Å². The molecule has 0 unspecified atom stereocenters. The number of nitrogens with one attached hydrogen (secondary N) is 2. The maximum atomic E-state index is 10.9. The highest BCUT2D eigenvalue weighted by atomic mass is 32.2. The summed E-state index contributed by atoms with van der Waals surface area (Å²) < 4.78 is 29.4. The van der Waals surface area contributed by atoms with E-state index in [1.54, 1.807) is 0 Å². The zero-order valence-electron chi connectivity index (χ0n) is 17.8. The van der Waals surface area contributed by atoms with Crippen molar-refractivity contribution in [3.63, 3.8) is 0 Å². The third-order valence-electron chi connectivity index (χ3n) is 4.54. The van der Waals surface area contributed by atoms with Crippen LogP contribution in [0.15, 0.2) is 73.2 Å². The number of anilines is 1. The summed E-state index contributed by atoms with van der Waals surface area (Å²) in [6.45, 7) is 5.18. The molecular formula is C22H28N6O3S. The summed E-state index contributed by atoms with van der Waals surface area (Å²) in [7, 11) is -3.49. The molecule has 3 rings (SSSR count). The Bertz CT molecular complexity index is 1100. The first-order valence-corrected chi connectivity index (χ1v) is 11.9. The van der Waals surface area contributed by atoms with Gasteiger partial charge in [0.2, 0.25) is 10.0 Å². The molecule has 0 amide bonds. The van der Waals surface area contributed by atoms with E-state index in [2.05, 4.69) is 27.5 Å². The first-order valence-electron chi connectivity index (χ1n) is 10.2. The normalized spacial score (nSPS) is 11.2. The Morgan fingerprint density at radius 2 is 1.88 bits per heavy atom. The number of primary sulfonamides is 1. The van der Waals surface area contributed by atoms with Crippen LogP contribution in [0.4, 0.5) is 5.69 Å². The lowest BCUT2D eigenvalue weighted by Gasteiger charge is -2.12. The van der Waals surface area contributed by atoms with Gasteiger partial charge >= 0.3 is 0 Å². The van der Waals surface area contributed by atoms with Gasteiger partial charge in [0.25, 0.3) is 0 Å². The maximum Gasteiger partial charge on any atom is 0.210 e. The van der Waals surface area contributed by atoms with Gasteiger partial charge < -0.3 is 15.4 Å². The van der Waals surface area contributed by atoms with Crippen LogP contribution in [0.5, 0.6) is 5.75 Å². The molecule has 10 heteroatoms. The second kappa shape index (κ2) is 11.3. The largest absolute Gasteiger partial charge is 0.487 e. The summed E-state index contributed by atoms with van der Waals surface area (Å²) in [5.74, 6) is 1.17. The fourth-order valence-corrected chi connectivity index (χ4v) is 3.34. The topological polar surface area (TPSA) is 124 Å². The van der Waals surface area contributed by atoms with E-state index in [-0.39, 0.29) is 12.3 Å². The third kappa shape index (κ3) is 8.40. The molecule has 0 spiro atoms. The predicted molar refractivity (Wildman–Crippen MR) is 124 cm³/mol. The lowest BCUT2D eigenvalue weighted by molar-refractivity contribution is 0.301. The van der Waals surface area contributed by atoms with Gasteiger partial charge in [-0.3, -0.25) is 4.68 Å². The van der Waals surface area contributed by atoms with E-state index in [1.807, 2.05) is 65.5 Å². The monoisotopic (exact) mass is 456 g/mol. The summed E-state index contributed by atoms with van der Waals surface area (Å²) in [4.78, 5) is 0. The first-order chi connectivity index (χ1) is 15.4. The van der Waals surface area contributed by atoms with Crippen molar-refractivity contribution in [3.8, 4) is 5.75 Å². The van der Waals surface area contributed by atoms with Crippen LogP contribution in [0.3, 0.4) is 0 Å². The van der Waals surface area contributed by atoms with Gasteiger partial charge in [0.1, 0.15) is 18.1 Å². The number of sulfonamides is 1. The van der Waals surface area contributed by atoms with Crippen LogP contribution in [-0.2, 0) is 29.6 Å². The van der Waals surface area contributed by atoms with Crippen LogP contribution < -0.4 is 20.5 Å². The van der Waals surface area contributed by atoms with Gasteiger partial charge in [0.05, 0.1) is 17.8 Å². The number of rotatable bonds is 13. The number of nitrogens with zero attached hydrogens (tertiary/aromatic N) is 3. The summed E-state index contributed by atoms with van der Waals surface area (Å²) in [5, 5.41) is 19.3. The lowest BCUT2D eigenvalue weighted by atomic mass is 10.1. The second-order valence-corrected chi connectivity index (χ2v) is 9.01. The minimum Gasteiger partial charge on any atom is -0.487 e. The molecule has 1 aromatic heterocycles. The quantitative estimate of drug-likeness (QED) is 0.360. The Morgan fingerprint density at radius 1 is 1.12 bits per heavy atom. The van der Waals surface area contributed by atoms with Crippen molar-refractivity contribution in [2.24, 2.45) is 5.14 Å². The predicted octanol–water partition coefficient (Wildman–Crippen LogP) is 2.25. The van der Waals surface area contributed by atoms with Crippen LogP contribution in [0.25, 0.3) is 0 Å². The van der Waals surface area contributed by atoms with E-state index in [9.17, 15) is 8.42 Å². The number of aromatic nitrogens is 3. The molecule has 0 saturated heterocycles. The molecule has 170 valence electrons. The molecule has 0 radical (unpaired) electrons. The molecule has 3 aromatic rings. The molecule has 0 atom stereocenters. The molecule has 0 fully saturated rings. The summed E-state index contributed by atoms with van der Waals surface area (Å²) in [6.07, 6.45) is 3.74. The van der Waals surface area contributed by atoms with Gasteiger partial charge in [-0.1, -0.05) is 42.1 Å². The van der Waals surface area contributed by atoms with Crippen molar-refractivity contribution in [2.75, 3.05) is 17.6 Å². The Balaban J connectivity index is 1.36. The number of aryl methyl sites for hydroxylation is 2. The molecule has 2 aromatic carbocycles. The Hall–Kier alpha value is -3.37. The highest BCUT2D eigenvalue weighted by Crippen LogP contribution is 2.13. The van der Waals surface area contributed by atoms with E-state index >= 15 is 0 Å². The Labute approximate surface area is 188 Å². The van der Waals surface area contributed by atoms with Crippen LogP contribution >= 0.6 is 0 Å². The van der Waals surface area contributed by atoms with Crippen molar-refractivity contribution >= 4 is 15.7 Å². The highest BCUT2D eigenvalue weighted by molar-refractivity contribution is 7.89.